The number of aldehydes is 1. The minimum absolute atomic E-state index is 0.332. The average molecular weight is 304 g/mol. The molecule has 2 aromatic rings. The number of hydrogen-bond donors (Lipinski definition) is 1. The van der Waals surface area contributed by atoms with E-state index in [1.807, 2.05) is 24.3 Å². The highest BCUT2D eigenvalue weighted by Gasteiger charge is 2.14. The van der Waals surface area contributed by atoms with Crippen LogP contribution in [0.2, 0.25) is 0 Å². The molecule has 0 spiro atoms. The van der Waals surface area contributed by atoms with Gasteiger partial charge in [0.1, 0.15) is 22.3 Å². The fourth-order valence-corrected chi connectivity index (χ4v) is 2.80. The van der Waals surface area contributed by atoms with Gasteiger partial charge in [-0.15, -0.1) is 11.8 Å². The van der Waals surface area contributed by atoms with Gasteiger partial charge in [-0.25, -0.2) is 4.98 Å². The quantitative estimate of drug-likeness (QED) is 0.619. The van der Waals surface area contributed by atoms with Crippen LogP contribution in [0.3, 0.4) is 0 Å². The van der Waals surface area contributed by atoms with E-state index < -0.39 is 0 Å². The van der Waals surface area contributed by atoms with Gasteiger partial charge >= 0.3 is 0 Å². The molecule has 0 radical (unpaired) electrons. The Bertz CT molecular complexity index is 593. The number of nitrogens with zero attached hydrogens (tertiary/aromatic N) is 1. The molecule has 0 bridgehead atoms. The topological polar surface area (TPSA) is 55.0 Å². The molecule has 4 nitrogen and oxygen atoms in total. The van der Waals surface area contributed by atoms with Crippen molar-refractivity contribution >= 4 is 18.0 Å². The third-order valence-electron chi connectivity index (χ3n) is 3.45. The number of methoxy groups -OCH3 is 1. The minimum Gasteiger partial charge on any atom is -0.497 e. The van der Waals surface area contributed by atoms with Crippen LogP contribution < -0.4 is 4.74 Å². The zero-order valence-electron chi connectivity index (χ0n) is 12.6. The number of carbonyl (C=O) groups is 1. The van der Waals surface area contributed by atoms with E-state index in [0.717, 1.165) is 35.1 Å². The van der Waals surface area contributed by atoms with E-state index in [2.05, 4.69) is 23.8 Å². The van der Waals surface area contributed by atoms with Gasteiger partial charge in [-0.3, -0.25) is 4.79 Å². The summed E-state index contributed by atoms with van der Waals surface area (Å²) in [5.74, 6) is 2.85. The van der Waals surface area contributed by atoms with E-state index in [4.69, 9.17) is 4.74 Å². The van der Waals surface area contributed by atoms with E-state index >= 15 is 0 Å². The first-order chi connectivity index (χ1) is 10.2. The van der Waals surface area contributed by atoms with Gasteiger partial charge in [0.2, 0.25) is 0 Å². The molecule has 0 saturated heterocycles. The van der Waals surface area contributed by atoms with E-state index in [-0.39, 0.29) is 0 Å². The van der Waals surface area contributed by atoms with Crippen molar-refractivity contribution in [3.05, 3.63) is 41.3 Å². The van der Waals surface area contributed by atoms with Gasteiger partial charge in [-0.2, -0.15) is 0 Å². The van der Waals surface area contributed by atoms with Gasteiger partial charge in [0.05, 0.1) is 7.11 Å². The number of benzene rings is 1. The monoisotopic (exact) mass is 304 g/mol. The molecule has 112 valence electrons. The normalized spacial score (nSPS) is 12.1. The van der Waals surface area contributed by atoms with E-state index in [1.54, 1.807) is 18.9 Å². The van der Waals surface area contributed by atoms with Crippen molar-refractivity contribution in [2.75, 3.05) is 7.11 Å². The Morgan fingerprint density at radius 3 is 2.67 bits per heavy atom. The highest BCUT2D eigenvalue weighted by Crippen LogP contribution is 2.27. The number of carbonyl (C=O) groups excluding carboxylic acids is 1. The Hall–Kier alpha value is -1.75. The summed E-state index contributed by atoms with van der Waals surface area (Å²) in [6.45, 7) is 4.21. The summed E-state index contributed by atoms with van der Waals surface area (Å²) in [5, 5.41) is 0.844. The van der Waals surface area contributed by atoms with Crippen molar-refractivity contribution in [2.24, 2.45) is 0 Å². The van der Waals surface area contributed by atoms with Gasteiger partial charge < -0.3 is 9.72 Å². The first-order valence-electron chi connectivity index (χ1n) is 6.98. The lowest BCUT2D eigenvalue weighted by Gasteiger charge is -2.04. The van der Waals surface area contributed by atoms with Crippen LogP contribution in [0, 0.1) is 0 Å². The third-order valence-corrected chi connectivity index (χ3v) is 4.53. The molecular weight excluding hydrogens is 284 g/mol. The second kappa shape index (κ2) is 7.31. The molecule has 0 aliphatic carbocycles. The number of nitrogens with one attached hydrogen (secondary N) is 1. The van der Waals surface area contributed by atoms with Crippen LogP contribution in [-0.2, 0) is 5.75 Å². The van der Waals surface area contributed by atoms with Crippen molar-refractivity contribution in [2.45, 2.75) is 37.0 Å². The number of imidazole rings is 1. The standard InChI is InChI=1S/C16H20N2O2S/c1-4-11(2)15-17-14(9-19)16(18-15)21-10-12-5-7-13(20-3)8-6-12/h5-9,11H,4,10H2,1-3H3,(H,17,18). The summed E-state index contributed by atoms with van der Waals surface area (Å²) in [7, 11) is 1.65. The molecular formula is C16H20N2O2S. The first kappa shape index (κ1) is 15.6. The number of ether oxygens (including phenoxy) is 1. The maximum atomic E-state index is 11.1. The molecule has 0 saturated carbocycles. The molecule has 1 N–H and O–H groups in total. The van der Waals surface area contributed by atoms with Crippen molar-refractivity contribution in [1.29, 1.82) is 0 Å². The molecule has 0 fully saturated rings. The molecule has 1 aromatic carbocycles. The van der Waals surface area contributed by atoms with E-state index in [9.17, 15) is 4.79 Å². The van der Waals surface area contributed by atoms with Crippen molar-refractivity contribution in [1.82, 2.24) is 9.97 Å². The molecule has 1 heterocycles. The summed E-state index contributed by atoms with van der Waals surface area (Å²) in [6, 6.07) is 7.93. The first-order valence-corrected chi connectivity index (χ1v) is 7.97. The Morgan fingerprint density at radius 1 is 1.38 bits per heavy atom. The smallest absolute Gasteiger partial charge is 0.171 e. The van der Waals surface area contributed by atoms with Gasteiger partial charge in [-0.05, 0) is 24.1 Å². The Morgan fingerprint density at radius 2 is 2.10 bits per heavy atom. The fourth-order valence-electron chi connectivity index (χ4n) is 1.88. The second-order valence-electron chi connectivity index (χ2n) is 4.90. The lowest BCUT2D eigenvalue weighted by atomic mass is 10.1. The summed E-state index contributed by atoms with van der Waals surface area (Å²) in [4.78, 5) is 18.8. The lowest BCUT2D eigenvalue weighted by molar-refractivity contribution is 0.111. The van der Waals surface area contributed by atoms with E-state index in [1.165, 1.54) is 5.56 Å². The zero-order chi connectivity index (χ0) is 15.2. The Balaban J connectivity index is 2.07. The minimum atomic E-state index is 0.332. The van der Waals surface area contributed by atoms with Crippen molar-refractivity contribution in [3.63, 3.8) is 0 Å². The molecule has 1 atom stereocenters. The van der Waals surface area contributed by atoms with Crippen LogP contribution in [-0.4, -0.2) is 23.4 Å². The van der Waals surface area contributed by atoms with Crippen LogP contribution in [0.4, 0.5) is 0 Å². The van der Waals surface area contributed by atoms with E-state index in [0.29, 0.717) is 11.6 Å². The highest BCUT2D eigenvalue weighted by atomic mass is 32.2. The number of thioether (sulfide) groups is 1. The van der Waals surface area contributed by atoms with Crippen molar-refractivity contribution < 1.29 is 9.53 Å². The molecule has 1 unspecified atom stereocenters. The van der Waals surface area contributed by atoms with Crippen LogP contribution in [0.1, 0.15) is 48.1 Å². The number of aromatic amines is 1. The number of aromatic nitrogens is 2. The molecule has 2 rings (SSSR count). The summed E-state index contributed by atoms with van der Waals surface area (Å²) in [5.41, 5.74) is 1.68. The molecule has 0 aliphatic heterocycles. The zero-order valence-corrected chi connectivity index (χ0v) is 13.4. The molecule has 5 heteroatoms. The summed E-state index contributed by atoms with van der Waals surface area (Å²) in [6.07, 6.45) is 1.81. The Kier molecular flexibility index (Phi) is 5.44. The van der Waals surface area contributed by atoms with Gasteiger partial charge in [-0.1, -0.05) is 26.0 Å². The van der Waals surface area contributed by atoms with Gasteiger partial charge in [0, 0.05) is 11.7 Å². The maximum absolute atomic E-state index is 11.1. The third kappa shape index (κ3) is 3.88. The number of hydrogen-bond acceptors (Lipinski definition) is 4. The van der Waals surface area contributed by atoms with Crippen LogP contribution in [0.5, 0.6) is 5.75 Å². The lowest BCUT2D eigenvalue weighted by Crippen LogP contribution is -1.93. The molecule has 1 aromatic heterocycles. The molecule has 21 heavy (non-hydrogen) atoms. The van der Waals surface area contributed by atoms with Crippen LogP contribution >= 0.6 is 11.8 Å². The molecule has 0 amide bonds. The van der Waals surface area contributed by atoms with Crippen LogP contribution in [0.25, 0.3) is 0 Å². The van der Waals surface area contributed by atoms with Crippen molar-refractivity contribution in [3.8, 4) is 5.75 Å². The fraction of sp³-hybridized carbons (Fsp3) is 0.375. The Labute approximate surface area is 129 Å². The predicted molar refractivity (Wildman–Crippen MR) is 85.2 cm³/mol. The summed E-state index contributed by atoms with van der Waals surface area (Å²) >= 11 is 1.60. The largest absolute Gasteiger partial charge is 0.497 e. The number of H-pyrrole nitrogens is 1. The van der Waals surface area contributed by atoms with Gasteiger partial charge in [0.15, 0.2) is 6.29 Å². The van der Waals surface area contributed by atoms with Gasteiger partial charge in [0.25, 0.3) is 0 Å². The number of rotatable bonds is 7. The summed E-state index contributed by atoms with van der Waals surface area (Å²) < 4.78 is 5.14. The average Bonchev–Trinajstić information content (AvgIpc) is 2.96. The second-order valence-corrected chi connectivity index (χ2v) is 5.89. The van der Waals surface area contributed by atoms with Crippen LogP contribution in [0.15, 0.2) is 29.3 Å². The highest BCUT2D eigenvalue weighted by molar-refractivity contribution is 7.98. The SMILES string of the molecule is CCC(C)c1nc(C=O)c(SCc2ccc(OC)cc2)[nH]1. The maximum Gasteiger partial charge on any atom is 0.171 e. The molecule has 0 aliphatic rings. The predicted octanol–water partition coefficient (Wildman–Crippen LogP) is 4.04.